The molecule has 0 aromatic rings. The predicted molar refractivity (Wildman–Crippen MR) is 279 cm³/mol. The van der Waals surface area contributed by atoms with E-state index in [9.17, 15) is 49.2 Å². The van der Waals surface area contributed by atoms with Crippen LogP contribution in [-0.2, 0) is 47.4 Å². The molecule has 2 saturated carbocycles. The van der Waals surface area contributed by atoms with Crippen LogP contribution in [0.5, 0.6) is 0 Å². The molecule has 10 N–H and O–H groups in total. The van der Waals surface area contributed by atoms with Crippen LogP contribution in [0, 0.1) is 0 Å². The Labute approximate surface area is 458 Å². The standard InChI is InChI=1S/C52H91N7O19/c1-46(2,3)74-41(63)54-22-18-21-53-26-29-19-20-30(57-43(65)76-48(7,8)9)38(71-29)72-36-32(58-44(66)77-49(10,11)12)23-31(56-40(62)52(69)24-28(25-52)55-42(64)75-47(4,5)6)35(33(36)60)73-39-34(61)37(51(16,68)27-70-39)59(17)45(67)78-50(13,14)15/h19,28,30-39,53,60-61,68-69H,18,20-27H2,1-17H3,(H,54,63)(H,55,64)(H,56,62)(H,57,65)(H,58,66)/t28?,30-,31-,32+,33-,34-,35+,36-,37-,38-,39-,51+,52?/m1/s1. The van der Waals surface area contributed by atoms with Crippen LogP contribution in [0.3, 0.4) is 0 Å². The first kappa shape index (κ1) is 65.6. The first-order valence-electron chi connectivity index (χ1n) is 26.6. The summed E-state index contributed by atoms with van der Waals surface area (Å²) in [5.74, 6) is -0.581. The van der Waals surface area contributed by atoms with Crippen molar-refractivity contribution in [1.29, 1.82) is 0 Å². The third-order valence-electron chi connectivity index (χ3n) is 12.2. The van der Waals surface area contributed by atoms with E-state index in [1.165, 1.54) is 14.0 Å². The lowest BCUT2D eigenvalue weighted by Gasteiger charge is -2.51. The van der Waals surface area contributed by atoms with E-state index in [1.54, 1.807) is 110 Å². The second kappa shape index (κ2) is 25.7. The van der Waals surface area contributed by atoms with E-state index >= 15 is 0 Å². The topological polar surface area (TPSA) is 342 Å². The number of nitrogens with zero attached hydrogens (tertiary/aromatic N) is 1. The highest BCUT2D eigenvalue weighted by atomic mass is 16.7. The number of rotatable bonds is 16. The zero-order chi connectivity index (χ0) is 59.1. The average molecular weight is 1120 g/mol. The number of aliphatic hydroxyl groups is 4. The molecule has 3 fully saturated rings. The molecule has 4 rings (SSSR count). The number of hydrogen-bond acceptors (Lipinski definition) is 20. The maximum absolute atomic E-state index is 14.3. The zero-order valence-electron chi connectivity index (χ0n) is 48.7. The molecule has 4 aliphatic rings. The highest BCUT2D eigenvalue weighted by molar-refractivity contribution is 5.87. The first-order valence-corrected chi connectivity index (χ1v) is 26.6. The summed E-state index contributed by atoms with van der Waals surface area (Å²) in [6, 6.07) is -5.73. The quantitative estimate of drug-likeness (QED) is 0.0784. The Balaban J connectivity index is 1.72. The van der Waals surface area contributed by atoms with Gasteiger partial charge in [-0.15, -0.1) is 0 Å². The number of aliphatic hydroxyl groups excluding tert-OH is 2. The number of alkyl carbamates (subject to hydrolysis) is 4. The van der Waals surface area contributed by atoms with Crippen molar-refractivity contribution in [3.05, 3.63) is 11.8 Å². The molecule has 6 amide bonds. The lowest BCUT2D eigenvalue weighted by atomic mass is 9.74. The summed E-state index contributed by atoms with van der Waals surface area (Å²) in [5, 5.41) is 64.8. The van der Waals surface area contributed by atoms with Gasteiger partial charge in [-0.25, -0.2) is 24.0 Å². The summed E-state index contributed by atoms with van der Waals surface area (Å²) < 4.78 is 52.8. The van der Waals surface area contributed by atoms with Crippen molar-refractivity contribution < 1.29 is 91.8 Å². The maximum atomic E-state index is 14.3. The molecule has 0 aromatic carbocycles. The molecular weight excluding hydrogens is 1030 g/mol. The average Bonchev–Trinajstić information content (AvgIpc) is 3.22. The molecule has 448 valence electrons. The van der Waals surface area contributed by atoms with Crippen molar-refractivity contribution in [1.82, 2.24) is 36.8 Å². The van der Waals surface area contributed by atoms with Gasteiger partial charge in [0.2, 0.25) is 6.29 Å². The van der Waals surface area contributed by atoms with E-state index in [2.05, 4.69) is 31.9 Å². The number of likely N-dealkylation sites (N-methyl/N-ethyl adjacent to an activating group) is 1. The fraction of sp³-hybridized carbons (Fsp3) is 0.846. The molecule has 78 heavy (non-hydrogen) atoms. The van der Waals surface area contributed by atoms with E-state index in [-0.39, 0.29) is 32.2 Å². The van der Waals surface area contributed by atoms with Gasteiger partial charge in [0.25, 0.3) is 5.91 Å². The number of hydrogen-bond donors (Lipinski definition) is 10. The SMILES string of the molecule is CN(C(=O)OC(C)(C)C)[C@@H]1[C@@H](O)[C@@H](O[C@@H]2[C@@H](O)[C@H](O[C@H]3OC(CNCCCNC(=O)OC(C)(C)C)=CC[C@H]3NC(=O)OC(C)(C)C)[C@@H](NC(=O)OC(C)(C)C)C[C@H]2NC(=O)C2(O)CC(NC(=O)OC(C)(C)C)C2)OC[C@]1(C)O. The van der Waals surface area contributed by atoms with Crippen molar-refractivity contribution >= 4 is 36.4 Å². The summed E-state index contributed by atoms with van der Waals surface area (Å²) in [6.07, 6.45) is -12.6. The lowest BCUT2D eigenvalue weighted by molar-refractivity contribution is -0.311. The highest BCUT2D eigenvalue weighted by Crippen LogP contribution is 2.37. The van der Waals surface area contributed by atoms with E-state index in [1.807, 2.05) is 0 Å². The van der Waals surface area contributed by atoms with Crippen LogP contribution < -0.4 is 31.9 Å². The second-order valence-corrected chi connectivity index (χ2v) is 25.7. The third kappa shape index (κ3) is 20.6. The number of nitrogens with one attached hydrogen (secondary N) is 6. The van der Waals surface area contributed by atoms with Crippen LogP contribution in [0.1, 0.15) is 143 Å². The highest BCUT2D eigenvalue weighted by Gasteiger charge is 2.57. The van der Waals surface area contributed by atoms with Crippen LogP contribution in [0.4, 0.5) is 24.0 Å². The van der Waals surface area contributed by atoms with Gasteiger partial charge in [0.05, 0.1) is 37.3 Å². The van der Waals surface area contributed by atoms with Crippen LogP contribution >= 0.6 is 0 Å². The zero-order valence-corrected chi connectivity index (χ0v) is 48.7. The normalized spacial score (nSPS) is 30.6. The number of ether oxygens (including phenoxy) is 9. The Morgan fingerprint density at radius 1 is 0.641 bits per heavy atom. The lowest BCUT2D eigenvalue weighted by Crippen LogP contribution is -2.72. The number of carbonyl (C=O) groups is 6. The molecule has 1 saturated heterocycles. The van der Waals surface area contributed by atoms with Gasteiger partial charge in [0.1, 0.15) is 69.4 Å². The fourth-order valence-electron chi connectivity index (χ4n) is 8.99. The molecule has 26 heteroatoms. The molecule has 0 aromatic heterocycles. The van der Waals surface area contributed by atoms with Crippen molar-refractivity contribution in [3.8, 4) is 0 Å². The van der Waals surface area contributed by atoms with Gasteiger partial charge in [0, 0.05) is 32.5 Å². The van der Waals surface area contributed by atoms with Gasteiger partial charge in [-0.1, -0.05) is 0 Å². The van der Waals surface area contributed by atoms with Crippen molar-refractivity contribution in [2.24, 2.45) is 0 Å². The van der Waals surface area contributed by atoms with Crippen molar-refractivity contribution in [2.75, 3.05) is 33.3 Å². The molecule has 0 bridgehead atoms. The van der Waals surface area contributed by atoms with E-state index < -0.39 is 149 Å². The molecule has 2 aliphatic heterocycles. The van der Waals surface area contributed by atoms with Crippen LogP contribution in [-0.4, -0.2) is 201 Å². The molecule has 0 unspecified atom stereocenters. The Morgan fingerprint density at radius 2 is 1.12 bits per heavy atom. The fourth-order valence-corrected chi connectivity index (χ4v) is 8.99. The number of amides is 6. The van der Waals surface area contributed by atoms with Gasteiger partial charge in [-0.3, -0.25) is 4.79 Å². The largest absolute Gasteiger partial charge is 0.466 e. The van der Waals surface area contributed by atoms with Gasteiger partial charge < -0.3 is 99.9 Å². The minimum atomic E-state index is -2.06. The molecule has 0 radical (unpaired) electrons. The second-order valence-electron chi connectivity index (χ2n) is 25.7. The van der Waals surface area contributed by atoms with Crippen LogP contribution in [0.2, 0.25) is 0 Å². The predicted octanol–water partition coefficient (Wildman–Crippen LogP) is 3.05. The van der Waals surface area contributed by atoms with Crippen LogP contribution in [0.25, 0.3) is 0 Å². The Bertz CT molecular complexity index is 2100. The molecule has 11 atom stereocenters. The Morgan fingerprint density at radius 3 is 1.64 bits per heavy atom. The van der Waals surface area contributed by atoms with E-state index in [0.717, 1.165) is 4.90 Å². The molecule has 2 heterocycles. The van der Waals surface area contributed by atoms with Gasteiger partial charge in [0.15, 0.2) is 6.29 Å². The number of carbonyl (C=O) groups excluding carboxylic acids is 6. The Kier molecular flexibility index (Phi) is 21.6. The van der Waals surface area contributed by atoms with Gasteiger partial charge >= 0.3 is 30.5 Å². The molecule has 26 nitrogen and oxygen atoms in total. The maximum Gasteiger partial charge on any atom is 0.410 e. The van der Waals surface area contributed by atoms with Crippen molar-refractivity contribution in [2.45, 2.75) is 249 Å². The third-order valence-corrected chi connectivity index (χ3v) is 12.2. The minimum absolute atomic E-state index is 0.115. The Hall–Kier alpha value is -4.96. The molecule has 0 spiro atoms. The summed E-state index contributed by atoms with van der Waals surface area (Å²) >= 11 is 0. The van der Waals surface area contributed by atoms with Gasteiger partial charge in [-0.05, 0) is 143 Å². The summed E-state index contributed by atoms with van der Waals surface area (Å²) in [7, 11) is 1.31. The summed E-state index contributed by atoms with van der Waals surface area (Å²) in [6.45, 7) is 26.9. The monoisotopic (exact) mass is 1120 g/mol. The van der Waals surface area contributed by atoms with Crippen LogP contribution in [0.15, 0.2) is 11.8 Å². The van der Waals surface area contributed by atoms with E-state index in [4.69, 9.17) is 42.6 Å². The summed E-state index contributed by atoms with van der Waals surface area (Å²) in [5.41, 5.74) is -8.32. The van der Waals surface area contributed by atoms with E-state index in [0.29, 0.717) is 25.3 Å². The van der Waals surface area contributed by atoms with Gasteiger partial charge in [-0.2, -0.15) is 0 Å². The minimum Gasteiger partial charge on any atom is -0.466 e. The molecule has 2 aliphatic carbocycles. The summed E-state index contributed by atoms with van der Waals surface area (Å²) in [4.78, 5) is 80.4. The molecular formula is C52H91N7O19. The first-order chi connectivity index (χ1) is 35.5. The van der Waals surface area contributed by atoms with Crippen molar-refractivity contribution in [3.63, 3.8) is 0 Å². The smallest absolute Gasteiger partial charge is 0.410 e.